The van der Waals surface area contributed by atoms with Gasteiger partial charge in [0.25, 0.3) is 5.91 Å². The smallest absolute Gasteiger partial charge is 0.258 e. The molecule has 1 atom stereocenters. The molecule has 1 aliphatic heterocycles. The van der Waals surface area contributed by atoms with Crippen molar-refractivity contribution in [3.05, 3.63) is 29.8 Å². The summed E-state index contributed by atoms with van der Waals surface area (Å²) in [4.78, 5) is 25.2. The lowest BCUT2D eigenvalue weighted by Crippen LogP contribution is -2.62. The van der Waals surface area contributed by atoms with Crippen molar-refractivity contribution >= 4 is 11.8 Å². The Kier molecular flexibility index (Phi) is 3.76. The summed E-state index contributed by atoms with van der Waals surface area (Å²) in [5.74, 6) is 0.623. The van der Waals surface area contributed by atoms with Crippen LogP contribution in [-0.4, -0.2) is 43.6 Å². The number of benzene rings is 1. The predicted molar refractivity (Wildman–Crippen MR) is 92.9 cm³/mol. The molecule has 0 unspecified atom stereocenters. The fourth-order valence-electron chi connectivity index (χ4n) is 4.74. The number of hydrogen-bond donors (Lipinski definition) is 2. The number of likely N-dealkylation sites (N-methyl/N-ethyl adjacent to an activating group) is 1. The van der Waals surface area contributed by atoms with Crippen LogP contribution in [0.3, 0.4) is 0 Å². The summed E-state index contributed by atoms with van der Waals surface area (Å²) in [6.45, 7) is 0.494. The molecule has 1 heterocycles. The van der Waals surface area contributed by atoms with Gasteiger partial charge in [-0.3, -0.25) is 15.0 Å². The number of nitrogens with zero attached hydrogens (tertiary/aromatic N) is 1. The summed E-state index contributed by atoms with van der Waals surface area (Å²) in [6, 6.07) is 7.32. The minimum absolute atomic E-state index is 0.0226. The molecule has 2 N–H and O–H groups in total. The molecule has 1 aromatic rings. The molecule has 6 heteroatoms. The Bertz CT molecular complexity index is 688. The Labute approximate surface area is 147 Å². The van der Waals surface area contributed by atoms with E-state index in [4.69, 9.17) is 4.74 Å². The second-order valence-electron chi connectivity index (χ2n) is 7.90. The zero-order valence-corrected chi connectivity index (χ0v) is 14.8. The van der Waals surface area contributed by atoms with Crippen LogP contribution in [0.2, 0.25) is 0 Å². The van der Waals surface area contributed by atoms with E-state index in [1.807, 2.05) is 24.3 Å². The van der Waals surface area contributed by atoms with Gasteiger partial charge < -0.3 is 10.1 Å². The molecule has 6 nitrogen and oxygen atoms in total. The summed E-state index contributed by atoms with van der Waals surface area (Å²) < 4.78 is 5.24. The molecule has 0 bridgehead atoms. The first kappa shape index (κ1) is 16.4. The molecule has 1 spiro atoms. The molecule has 2 amide bonds. The maximum absolute atomic E-state index is 13.2. The summed E-state index contributed by atoms with van der Waals surface area (Å²) in [5.41, 5.74) is 3.56. The van der Waals surface area contributed by atoms with Crippen molar-refractivity contribution in [1.82, 2.24) is 15.8 Å². The highest BCUT2D eigenvalue weighted by molar-refractivity contribution is 5.94. The molecule has 2 saturated carbocycles. The molecular formula is C19H25N3O3. The van der Waals surface area contributed by atoms with Gasteiger partial charge in [-0.05, 0) is 48.8 Å². The normalized spacial score (nSPS) is 26.5. The number of methoxy groups -OCH3 is 1. The second-order valence-corrected chi connectivity index (χ2v) is 7.90. The maximum Gasteiger partial charge on any atom is 0.258 e. The van der Waals surface area contributed by atoms with Gasteiger partial charge >= 0.3 is 0 Å². The van der Waals surface area contributed by atoms with Crippen LogP contribution < -0.4 is 15.5 Å². The monoisotopic (exact) mass is 343 g/mol. The second kappa shape index (κ2) is 5.73. The van der Waals surface area contributed by atoms with Gasteiger partial charge in [-0.15, -0.1) is 0 Å². The van der Waals surface area contributed by atoms with Crippen LogP contribution in [0.5, 0.6) is 5.75 Å². The van der Waals surface area contributed by atoms with Gasteiger partial charge in [-0.2, -0.15) is 0 Å². The van der Waals surface area contributed by atoms with Crippen LogP contribution in [0.25, 0.3) is 0 Å². The zero-order valence-electron chi connectivity index (χ0n) is 14.8. The molecule has 0 aromatic heterocycles. The van der Waals surface area contributed by atoms with Crippen molar-refractivity contribution in [2.24, 2.45) is 5.41 Å². The molecule has 2 aliphatic carbocycles. The van der Waals surface area contributed by atoms with E-state index < -0.39 is 11.5 Å². The lowest BCUT2D eigenvalue weighted by atomic mass is 9.43. The van der Waals surface area contributed by atoms with E-state index >= 15 is 0 Å². The van der Waals surface area contributed by atoms with Crippen molar-refractivity contribution in [1.29, 1.82) is 0 Å². The lowest BCUT2D eigenvalue weighted by Gasteiger charge is -2.60. The van der Waals surface area contributed by atoms with Crippen molar-refractivity contribution in [2.45, 2.75) is 43.6 Å². The average Bonchev–Trinajstić information content (AvgIpc) is 2.83. The van der Waals surface area contributed by atoms with Gasteiger partial charge in [0.1, 0.15) is 11.8 Å². The molecule has 3 aliphatic rings. The Morgan fingerprint density at radius 3 is 2.44 bits per heavy atom. The predicted octanol–water partition coefficient (Wildman–Crippen LogP) is 1.36. The quantitative estimate of drug-likeness (QED) is 0.866. The van der Waals surface area contributed by atoms with Crippen LogP contribution in [0, 0.1) is 5.41 Å². The number of amides is 2. The SMILES string of the molecule is COc1ccc(C2(C(=O)N[C@H]3CN(C)NC3=O)CC3(CCC3)C2)cc1. The molecule has 1 saturated heterocycles. The Morgan fingerprint density at radius 2 is 1.96 bits per heavy atom. The van der Waals surface area contributed by atoms with Crippen LogP contribution in [-0.2, 0) is 15.0 Å². The van der Waals surface area contributed by atoms with Gasteiger partial charge in [0.15, 0.2) is 0 Å². The third kappa shape index (κ3) is 2.59. The van der Waals surface area contributed by atoms with Crippen LogP contribution in [0.1, 0.15) is 37.7 Å². The Balaban J connectivity index is 1.57. The summed E-state index contributed by atoms with van der Waals surface area (Å²) >= 11 is 0. The minimum atomic E-state index is -0.520. The third-order valence-corrected chi connectivity index (χ3v) is 6.22. The van der Waals surface area contributed by atoms with Gasteiger partial charge in [-0.1, -0.05) is 18.6 Å². The highest BCUT2D eigenvalue weighted by Gasteiger charge is 2.61. The van der Waals surface area contributed by atoms with Crippen LogP contribution in [0.15, 0.2) is 24.3 Å². The maximum atomic E-state index is 13.2. The largest absolute Gasteiger partial charge is 0.497 e. The number of hydrogen-bond acceptors (Lipinski definition) is 4. The molecule has 1 aromatic carbocycles. The fraction of sp³-hybridized carbons (Fsp3) is 0.579. The molecular weight excluding hydrogens is 318 g/mol. The number of carbonyl (C=O) groups is 2. The summed E-state index contributed by atoms with van der Waals surface area (Å²) in [7, 11) is 3.44. The Hall–Kier alpha value is -2.08. The standard InChI is InChI=1S/C19H25N3O3/c1-22-10-15(16(23)21-22)20-17(24)19(11-18(12-19)8-3-9-18)13-4-6-14(25-2)7-5-13/h4-7,15H,3,8-12H2,1-2H3,(H,20,24)(H,21,23)/t15-/m0/s1. The first-order chi connectivity index (χ1) is 12.0. The van der Waals surface area contributed by atoms with E-state index in [1.165, 1.54) is 19.3 Å². The molecule has 134 valence electrons. The fourth-order valence-corrected chi connectivity index (χ4v) is 4.74. The molecule has 3 fully saturated rings. The number of carbonyl (C=O) groups excluding carboxylic acids is 2. The average molecular weight is 343 g/mol. The van der Waals surface area contributed by atoms with Crippen molar-refractivity contribution in [2.75, 3.05) is 20.7 Å². The summed E-state index contributed by atoms with van der Waals surface area (Å²) in [6.07, 6.45) is 5.44. The van der Waals surface area contributed by atoms with Crippen molar-refractivity contribution in [3.8, 4) is 5.75 Å². The van der Waals surface area contributed by atoms with E-state index in [1.54, 1.807) is 19.2 Å². The Morgan fingerprint density at radius 1 is 1.28 bits per heavy atom. The number of nitrogens with one attached hydrogen (secondary N) is 2. The highest BCUT2D eigenvalue weighted by atomic mass is 16.5. The van der Waals surface area contributed by atoms with Crippen LogP contribution in [0.4, 0.5) is 0 Å². The minimum Gasteiger partial charge on any atom is -0.497 e. The van der Waals surface area contributed by atoms with Gasteiger partial charge in [0.05, 0.1) is 12.5 Å². The first-order valence-electron chi connectivity index (χ1n) is 8.94. The third-order valence-electron chi connectivity index (χ3n) is 6.22. The van der Waals surface area contributed by atoms with Gasteiger partial charge in [0, 0.05) is 13.6 Å². The lowest BCUT2D eigenvalue weighted by molar-refractivity contribution is -0.144. The summed E-state index contributed by atoms with van der Waals surface area (Å²) in [5, 5.41) is 4.70. The van der Waals surface area contributed by atoms with Crippen molar-refractivity contribution in [3.63, 3.8) is 0 Å². The van der Waals surface area contributed by atoms with E-state index in [2.05, 4.69) is 10.7 Å². The topological polar surface area (TPSA) is 70.7 Å². The van der Waals surface area contributed by atoms with Crippen molar-refractivity contribution < 1.29 is 14.3 Å². The number of ether oxygens (including phenoxy) is 1. The zero-order chi connectivity index (χ0) is 17.7. The number of hydrazine groups is 1. The molecule has 0 radical (unpaired) electrons. The molecule has 4 rings (SSSR count). The van der Waals surface area contributed by atoms with Gasteiger partial charge in [0.2, 0.25) is 5.91 Å². The van der Waals surface area contributed by atoms with E-state index in [9.17, 15) is 9.59 Å². The van der Waals surface area contributed by atoms with Crippen LogP contribution >= 0.6 is 0 Å². The van der Waals surface area contributed by atoms with Gasteiger partial charge in [-0.25, -0.2) is 5.01 Å². The highest BCUT2D eigenvalue weighted by Crippen LogP contribution is 2.65. The molecule has 25 heavy (non-hydrogen) atoms. The first-order valence-corrected chi connectivity index (χ1v) is 8.94. The van der Waals surface area contributed by atoms with E-state index in [0.717, 1.165) is 24.2 Å². The number of rotatable bonds is 4. The van der Waals surface area contributed by atoms with E-state index in [0.29, 0.717) is 12.0 Å². The van der Waals surface area contributed by atoms with E-state index in [-0.39, 0.29) is 11.8 Å².